The van der Waals surface area contributed by atoms with Crippen molar-refractivity contribution < 1.29 is 14.6 Å². The second-order valence-electron chi connectivity index (χ2n) is 8.13. The van der Waals surface area contributed by atoms with Crippen LogP contribution in [0.1, 0.15) is 35.8 Å². The van der Waals surface area contributed by atoms with Crippen LogP contribution in [0.15, 0.2) is 61.1 Å². The van der Waals surface area contributed by atoms with E-state index in [1.165, 1.54) is 0 Å². The number of anilines is 1. The summed E-state index contributed by atoms with van der Waals surface area (Å²) < 4.78 is 7.74. The molecule has 0 amide bonds. The molecule has 1 aromatic carbocycles. The van der Waals surface area contributed by atoms with Gasteiger partial charge in [-0.3, -0.25) is 19.4 Å². The third kappa shape index (κ3) is 4.64. The zero-order chi connectivity index (χ0) is 22.6. The average molecular weight is 444 g/mol. The Hall–Kier alpha value is -3.94. The highest BCUT2D eigenvalue weighted by Gasteiger charge is 2.20. The molecular formula is C25H25N5O3. The average Bonchev–Trinajstić information content (AvgIpc) is 3.26. The SMILES string of the molecule is O=C(O)CC(c1ccncc1)n1ncc2cc(OCCc3ccc4c(n3)CCCN4)ccc21. The molecule has 4 heterocycles. The normalized spacial score (nSPS) is 13.8. The summed E-state index contributed by atoms with van der Waals surface area (Å²) in [6.45, 7) is 1.54. The molecule has 0 aliphatic carbocycles. The quantitative estimate of drug-likeness (QED) is 0.426. The molecule has 1 atom stereocenters. The Bertz CT molecular complexity index is 1270. The summed E-state index contributed by atoms with van der Waals surface area (Å²) in [7, 11) is 0. The fraction of sp³-hybridized carbons (Fsp3) is 0.280. The first kappa shape index (κ1) is 20.9. The van der Waals surface area contributed by atoms with Gasteiger partial charge in [-0.2, -0.15) is 5.10 Å². The molecule has 168 valence electrons. The largest absolute Gasteiger partial charge is 0.493 e. The molecule has 0 saturated heterocycles. The van der Waals surface area contributed by atoms with Gasteiger partial charge in [0.1, 0.15) is 5.75 Å². The fourth-order valence-corrected chi connectivity index (χ4v) is 4.26. The van der Waals surface area contributed by atoms with Crippen LogP contribution in [0.3, 0.4) is 0 Å². The number of aliphatic carboxylic acids is 1. The maximum Gasteiger partial charge on any atom is 0.305 e. The Morgan fingerprint density at radius 1 is 1.18 bits per heavy atom. The van der Waals surface area contributed by atoms with Gasteiger partial charge >= 0.3 is 5.97 Å². The third-order valence-corrected chi connectivity index (χ3v) is 5.89. The Morgan fingerprint density at radius 2 is 2.06 bits per heavy atom. The van der Waals surface area contributed by atoms with Crippen LogP contribution in [0.25, 0.3) is 10.9 Å². The van der Waals surface area contributed by atoms with E-state index < -0.39 is 12.0 Å². The van der Waals surface area contributed by atoms with Crippen molar-refractivity contribution in [2.45, 2.75) is 31.7 Å². The summed E-state index contributed by atoms with van der Waals surface area (Å²) in [4.78, 5) is 20.3. The number of nitrogens with one attached hydrogen (secondary N) is 1. The van der Waals surface area contributed by atoms with E-state index >= 15 is 0 Å². The summed E-state index contributed by atoms with van der Waals surface area (Å²) in [5, 5.41) is 18.2. The Morgan fingerprint density at radius 3 is 2.91 bits per heavy atom. The zero-order valence-corrected chi connectivity index (χ0v) is 18.1. The molecule has 8 nitrogen and oxygen atoms in total. The lowest BCUT2D eigenvalue weighted by Crippen LogP contribution is -2.16. The first-order valence-corrected chi connectivity index (χ1v) is 11.1. The molecule has 0 radical (unpaired) electrons. The number of carboxylic acid groups (broad SMARTS) is 1. The highest BCUT2D eigenvalue weighted by atomic mass is 16.5. The highest BCUT2D eigenvalue weighted by Crippen LogP contribution is 2.28. The Labute approximate surface area is 191 Å². The minimum Gasteiger partial charge on any atom is -0.493 e. The number of carboxylic acids is 1. The number of nitrogens with zero attached hydrogens (tertiary/aromatic N) is 4. The van der Waals surface area contributed by atoms with Gasteiger partial charge in [0.05, 0.1) is 42.2 Å². The molecule has 0 saturated carbocycles. The molecule has 1 aliphatic heterocycles. The second-order valence-corrected chi connectivity index (χ2v) is 8.13. The first-order valence-electron chi connectivity index (χ1n) is 11.1. The maximum absolute atomic E-state index is 11.5. The molecule has 8 heteroatoms. The maximum atomic E-state index is 11.5. The van der Waals surface area contributed by atoms with Gasteiger partial charge in [-0.25, -0.2) is 0 Å². The monoisotopic (exact) mass is 443 g/mol. The Kier molecular flexibility index (Phi) is 5.89. The molecule has 4 aromatic rings. The van der Waals surface area contributed by atoms with Crippen LogP contribution in [0.5, 0.6) is 5.75 Å². The van der Waals surface area contributed by atoms with Crippen molar-refractivity contribution in [1.82, 2.24) is 19.7 Å². The number of hydrogen-bond donors (Lipinski definition) is 2. The summed E-state index contributed by atoms with van der Waals surface area (Å²) >= 11 is 0. The number of hydrogen-bond acceptors (Lipinski definition) is 6. The minimum absolute atomic E-state index is 0.0671. The van der Waals surface area contributed by atoms with Crippen LogP contribution in [-0.2, 0) is 17.6 Å². The standard InChI is InChI=1S/C25H25N5O3/c31-25(32)15-24(17-7-11-26-12-8-17)30-23-6-4-20(14-18(23)16-28-30)33-13-9-19-3-5-21-22(29-19)2-1-10-27-21/h3-8,11-12,14,16,24,27H,1-2,9-10,13,15H2,(H,31,32). The number of rotatable bonds is 8. The summed E-state index contributed by atoms with van der Waals surface area (Å²) in [6.07, 6.45) is 7.86. The van der Waals surface area contributed by atoms with Crippen molar-refractivity contribution in [3.05, 3.63) is 78.0 Å². The predicted octanol–water partition coefficient (Wildman–Crippen LogP) is 3.87. The van der Waals surface area contributed by atoms with Gasteiger partial charge in [0.25, 0.3) is 0 Å². The van der Waals surface area contributed by atoms with Crippen LogP contribution in [-0.4, -0.2) is 44.0 Å². The van der Waals surface area contributed by atoms with Gasteiger partial charge in [0.15, 0.2) is 0 Å². The first-order chi connectivity index (χ1) is 16.2. The minimum atomic E-state index is -0.882. The van der Waals surface area contributed by atoms with Crippen molar-refractivity contribution >= 4 is 22.6 Å². The second kappa shape index (κ2) is 9.28. The van der Waals surface area contributed by atoms with Gasteiger partial charge in [-0.15, -0.1) is 0 Å². The van der Waals surface area contributed by atoms with Crippen molar-refractivity contribution in [3.63, 3.8) is 0 Å². The molecule has 5 rings (SSSR count). The van der Waals surface area contributed by atoms with Crippen molar-refractivity contribution in [1.29, 1.82) is 0 Å². The smallest absolute Gasteiger partial charge is 0.305 e. The number of aromatic nitrogens is 4. The lowest BCUT2D eigenvalue weighted by atomic mass is 10.1. The van der Waals surface area contributed by atoms with Crippen LogP contribution < -0.4 is 10.1 Å². The molecule has 1 aliphatic rings. The van der Waals surface area contributed by atoms with Crippen molar-refractivity contribution in [3.8, 4) is 5.75 Å². The molecule has 33 heavy (non-hydrogen) atoms. The number of pyridine rings is 2. The van der Waals surface area contributed by atoms with E-state index in [1.54, 1.807) is 23.3 Å². The van der Waals surface area contributed by atoms with Crippen LogP contribution >= 0.6 is 0 Å². The summed E-state index contributed by atoms with van der Waals surface area (Å²) in [5.41, 5.74) is 5.01. The summed E-state index contributed by atoms with van der Waals surface area (Å²) in [5.74, 6) is -0.132. The topological polar surface area (TPSA) is 102 Å². The number of ether oxygens (including phenoxy) is 1. The highest BCUT2D eigenvalue weighted by molar-refractivity contribution is 5.81. The van der Waals surface area contributed by atoms with Gasteiger partial charge < -0.3 is 15.2 Å². The van der Waals surface area contributed by atoms with Crippen LogP contribution in [0.4, 0.5) is 5.69 Å². The molecule has 0 fully saturated rings. The van der Waals surface area contributed by atoms with Gasteiger partial charge in [0, 0.05) is 36.4 Å². The molecule has 0 bridgehead atoms. The van der Waals surface area contributed by atoms with Crippen molar-refractivity contribution in [2.75, 3.05) is 18.5 Å². The van der Waals surface area contributed by atoms with Gasteiger partial charge in [-0.1, -0.05) is 0 Å². The number of carbonyl (C=O) groups is 1. The van der Waals surface area contributed by atoms with Crippen LogP contribution in [0, 0.1) is 0 Å². The molecular weight excluding hydrogens is 418 g/mol. The van der Waals surface area contributed by atoms with E-state index in [2.05, 4.69) is 27.5 Å². The fourth-order valence-electron chi connectivity index (χ4n) is 4.26. The van der Waals surface area contributed by atoms with Crippen molar-refractivity contribution in [2.24, 2.45) is 0 Å². The predicted molar refractivity (Wildman–Crippen MR) is 125 cm³/mol. The molecule has 3 aromatic heterocycles. The third-order valence-electron chi connectivity index (χ3n) is 5.89. The van der Waals surface area contributed by atoms with E-state index in [0.29, 0.717) is 6.61 Å². The number of benzene rings is 1. The number of fused-ring (bicyclic) bond motifs is 2. The number of aryl methyl sites for hydroxylation is 1. The zero-order valence-electron chi connectivity index (χ0n) is 18.1. The molecule has 0 spiro atoms. The van der Waals surface area contributed by atoms with E-state index in [4.69, 9.17) is 9.72 Å². The van der Waals surface area contributed by atoms with E-state index in [9.17, 15) is 9.90 Å². The lowest BCUT2D eigenvalue weighted by Gasteiger charge is -2.18. The van der Waals surface area contributed by atoms with Crippen LogP contribution in [0.2, 0.25) is 0 Å². The van der Waals surface area contributed by atoms with Gasteiger partial charge in [-0.05, 0) is 60.9 Å². The van der Waals surface area contributed by atoms with Gasteiger partial charge in [0.2, 0.25) is 0 Å². The Balaban J connectivity index is 1.30. The van der Waals surface area contributed by atoms with E-state index in [1.807, 2.05) is 30.3 Å². The summed E-state index contributed by atoms with van der Waals surface area (Å²) in [6, 6.07) is 13.1. The van der Waals surface area contributed by atoms with E-state index in [-0.39, 0.29) is 6.42 Å². The lowest BCUT2D eigenvalue weighted by molar-refractivity contribution is -0.137. The molecule has 2 N–H and O–H groups in total. The molecule has 1 unspecified atom stereocenters. The van der Waals surface area contributed by atoms with E-state index in [0.717, 1.165) is 65.1 Å².